The zero-order valence-corrected chi connectivity index (χ0v) is 15.3. The van der Waals surface area contributed by atoms with Crippen molar-refractivity contribution < 1.29 is 4.79 Å². The number of aryl methyl sites for hydroxylation is 1. The Bertz CT molecular complexity index is 572. The summed E-state index contributed by atoms with van der Waals surface area (Å²) in [5, 5.41) is 0. The lowest BCUT2D eigenvalue weighted by atomic mass is 10.2. The molecular formula is C16H29N5O2. The van der Waals surface area contributed by atoms with Gasteiger partial charge in [0.1, 0.15) is 0 Å². The van der Waals surface area contributed by atoms with Gasteiger partial charge in [0.15, 0.2) is 0 Å². The molecule has 7 nitrogen and oxygen atoms in total. The van der Waals surface area contributed by atoms with Crippen molar-refractivity contribution in [3.63, 3.8) is 0 Å². The molecule has 0 aliphatic rings. The van der Waals surface area contributed by atoms with E-state index in [9.17, 15) is 9.59 Å². The molecule has 0 aliphatic heterocycles. The lowest BCUT2D eigenvalue weighted by molar-refractivity contribution is 0.177. The second-order valence-corrected chi connectivity index (χ2v) is 6.46. The molecule has 23 heavy (non-hydrogen) atoms. The summed E-state index contributed by atoms with van der Waals surface area (Å²) in [6, 6.07) is 1.95. The molecule has 0 aromatic carbocycles. The molecular weight excluding hydrogens is 294 g/mol. The minimum absolute atomic E-state index is 0.203. The van der Waals surface area contributed by atoms with Crippen LogP contribution in [0.25, 0.3) is 0 Å². The minimum Gasteiger partial charge on any atom is -0.330 e. The minimum atomic E-state index is -0.256. The summed E-state index contributed by atoms with van der Waals surface area (Å²) in [4.78, 5) is 36.5. The molecule has 0 radical (unpaired) electrons. The van der Waals surface area contributed by atoms with Crippen LogP contribution in [0.15, 0.2) is 10.9 Å². The summed E-state index contributed by atoms with van der Waals surface area (Å²) in [6.45, 7) is 11.4. The number of amides is 2. The zero-order valence-electron chi connectivity index (χ0n) is 15.3. The lowest BCUT2D eigenvalue weighted by Gasteiger charge is -2.33. The Balaban J connectivity index is 3.06. The van der Waals surface area contributed by atoms with Crippen LogP contribution in [0.1, 0.15) is 33.4 Å². The number of hydrogen-bond acceptors (Lipinski definition) is 4. The van der Waals surface area contributed by atoms with Gasteiger partial charge in [-0.2, -0.15) is 0 Å². The fourth-order valence-electron chi connectivity index (χ4n) is 2.55. The number of anilines is 1. The predicted octanol–water partition coefficient (Wildman–Crippen LogP) is 1.69. The summed E-state index contributed by atoms with van der Waals surface area (Å²) in [6.07, 6.45) is 0. The van der Waals surface area contributed by atoms with Crippen molar-refractivity contribution in [3.05, 3.63) is 22.1 Å². The number of aromatic amines is 1. The van der Waals surface area contributed by atoms with Gasteiger partial charge in [-0.3, -0.25) is 19.6 Å². The molecule has 0 atom stereocenters. The number of carbonyl (C=O) groups excluding carboxylic acids is 1. The van der Waals surface area contributed by atoms with Gasteiger partial charge in [-0.25, -0.2) is 9.78 Å². The van der Waals surface area contributed by atoms with Crippen molar-refractivity contribution in [2.24, 2.45) is 0 Å². The van der Waals surface area contributed by atoms with Crippen LogP contribution in [0.5, 0.6) is 0 Å². The summed E-state index contributed by atoms with van der Waals surface area (Å²) in [5.74, 6) is 0.293. The maximum absolute atomic E-state index is 12.5. The van der Waals surface area contributed by atoms with Crippen LogP contribution in [-0.4, -0.2) is 65.1 Å². The van der Waals surface area contributed by atoms with Crippen molar-refractivity contribution in [1.82, 2.24) is 19.8 Å². The van der Waals surface area contributed by atoms with E-state index in [0.717, 1.165) is 0 Å². The summed E-state index contributed by atoms with van der Waals surface area (Å²) in [7, 11) is 3.37. The predicted molar refractivity (Wildman–Crippen MR) is 93.0 cm³/mol. The van der Waals surface area contributed by atoms with Crippen molar-refractivity contribution in [2.75, 3.05) is 32.1 Å². The fourth-order valence-corrected chi connectivity index (χ4v) is 2.55. The summed E-state index contributed by atoms with van der Waals surface area (Å²) < 4.78 is 0. The largest absolute Gasteiger partial charge is 0.330 e. The van der Waals surface area contributed by atoms with Crippen molar-refractivity contribution in [2.45, 2.75) is 46.7 Å². The Kier molecular flexibility index (Phi) is 6.75. The topological polar surface area (TPSA) is 72.5 Å². The van der Waals surface area contributed by atoms with Crippen molar-refractivity contribution in [1.29, 1.82) is 0 Å². The first-order valence-corrected chi connectivity index (χ1v) is 7.96. The average Bonchev–Trinajstić information content (AvgIpc) is 2.40. The number of rotatable bonds is 6. The van der Waals surface area contributed by atoms with E-state index >= 15 is 0 Å². The Morgan fingerprint density at radius 2 is 1.74 bits per heavy atom. The van der Waals surface area contributed by atoms with Gasteiger partial charge in [-0.1, -0.05) is 0 Å². The first-order chi connectivity index (χ1) is 10.6. The van der Waals surface area contributed by atoms with Crippen LogP contribution in [0.3, 0.4) is 0 Å². The smallest absolute Gasteiger partial charge is 0.326 e. The molecule has 0 saturated carbocycles. The van der Waals surface area contributed by atoms with Crippen molar-refractivity contribution in [3.8, 4) is 0 Å². The third-order valence-electron chi connectivity index (χ3n) is 3.63. The average molecular weight is 323 g/mol. The van der Waals surface area contributed by atoms with E-state index in [1.165, 1.54) is 15.9 Å². The van der Waals surface area contributed by atoms with E-state index in [-0.39, 0.29) is 11.6 Å². The number of nitrogens with one attached hydrogen (secondary N) is 1. The Hall–Kier alpha value is -1.89. The molecule has 0 unspecified atom stereocenters. The quantitative estimate of drug-likeness (QED) is 0.864. The molecule has 1 aromatic heterocycles. The molecule has 1 aromatic rings. The SMILES string of the molecule is Cc1cc(=O)[nH]c(N(CCN(C(C)C)C(C)C)C(=O)N(C)C)n1. The van der Waals surface area contributed by atoms with Gasteiger partial charge in [-0.15, -0.1) is 0 Å². The third-order valence-corrected chi connectivity index (χ3v) is 3.63. The van der Waals surface area contributed by atoms with Crippen LogP contribution in [0, 0.1) is 6.92 Å². The van der Waals surface area contributed by atoms with Gasteiger partial charge in [0.2, 0.25) is 5.95 Å². The maximum Gasteiger partial charge on any atom is 0.326 e. The lowest BCUT2D eigenvalue weighted by Crippen LogP contribution is -2.47. The number of urea groups is 1. The number of nitrogens with zero attached hydrogens (tertiary/aromatic N) is 4. The second-order valence-electron chi connectivity index (χ2n) is 6.46. The van der Waals surface area contributed by atoms with Crippen LogP contribution in [0.2, 0.25) is 0 Å². The molecule has 130 valence electrons. The first kappa shape index (κ1) is 19.2. The number of aromatic nitrogens is 2. The van der Waals surface area contributed by atoms with E-state index in [1.807, 2.05) is 0 Å². The van der Waals surface area contributed by atoms with Gasteiger partial charge < -0.3 is 4.90 Å². The molecule has 1 rings (SSSR count). The van der Waals surface area contributed by atoms with E-state index in [0.29, 0.717) is 36.8 Å². The van der Waals surface area contributed by atoms with E-state index < -0.39 is 0 Å². The molecule has 0 spiro atoms. The van der Waals surface area contributed by atoms with E-state index in [4.69, 9.17) is 0 Å². The molecule has 2 amide bonds. The summed E-state index contributed by atoms with van der Waals surface area (Å²) >= 11 is 0. The highest BCUT2D eigenvalue weighted by Gasteiger charge is 2.22. The van der Waals surface area contributed by atoms with Crippen LogP contribution < -0.4 is 10.5 Å². The Morgan fingerprint density at radius 3 is 2.17 bits per heavy atom. The number of carbonyl (C=O) groups is 1. The molecule has 1 heterocycles. The highest BCUT2D eigenvalue weighted by Crippen LogP contribution is 2.11. The van der Waals surface area contributed by atoms with E-state index in [2.05, 4.69) is 42.6 Å². The number of hydrogen-bond donors (Lipinski definition) is 1. The highest BCUT2D eigenvalue weighted by atomic mass is 16.2. The normalized spacial score (nSPS) is 11.4. The fraction of sp³-hybridized carbons (Fsp3) is 0.688. The molecule has 0 aliphatic carbocycles. The van der Waals surface area contributed by atoms with Gasteiger partial charge in [0.05, 0.1) is 0 Å². The molecule has 1 N–H and O–H groups in total. The zero-order chi connectivity index (χ0) is 17.7. The van der Waals surface area contributed by atoms with Crippen LogP contribution in [0.4, 0.5) is 10.7 Å². The number of H-pyrrole nitrogens is 1. The molecule has 0 saturated heterocycles. The van der Waals surface area contributed by atoms with Gasteiger partial charge in [-0.05, 0) is 34.6 Å². The van der Waals surface area contributed by atoms with Crippen LogP contribution in [-0.2, 0) is 0 Å². The van der Waals surface area contributed by atoms with E-state index in [1.54, 1.807) is 21.0 Å². The van der Waals surface area contributed by atoms with Gasteiger partial charge >= 0.3 is 6.03 Å². The third kappa shape index (κ3) is 5.35. The maximum atomic E-state index is 12.5. The summed E-state index contributed by atoms with van der Waals surface area (Å²) in [5.41, 5.74) is 0.332. The monoisotopic (exact) mass is 323 g/mol. The highest BCUT2D eigenvalue weighted by molar-refractivity contribution is 5.89. The Labute approximate surface area is 138 Å². The second kappa shape index (κ2) is 8.10. The van der Waals surface area contributed by atoms with Crippen LogP contribution >= 0.6 is 0 Å². The molecule has 7 heteroatoms. The first-order valence-electron chi connectivity index (χ1n) is 7.96. The van der Waals surface area contributed by atoms with Crippen molar-refractivity contribution >= 4 is 12.0 Å². The standard InChI is InChI=1S/C16H29N5O2/c1-11(2)20(12(3)4)8-9-21(16(23)19(6)7)15-17-13(5)10-14(22)18-15/h10-12H,8-9H2,1-7H3,(H,17,18,22). The molecule has 0 fully saturated rings. The van der Waals surface area contributed by atoms with Gasteiger partial charge in [0.25, 0.3) is 5.56 Å². The Morgan fingerprint density at radius 1 is 1.17 bits per heavy atom. The molecule has 0 bridgehead atoms. The van der Waals surface area contributed by atoms with Gasteiger partial charge in [0, 0.05) is 51.0 Å².